The number of hydrogen-bond donors (Lipinski definition) is 1. The lowest BCUT2D eigenvalue weighted by Gasteiger charge is -2.36. The van der Waals surface area contributed by atoms with Crippen LogP contribution in [-0.2, 0) is 9.84 Å². The van der Waals surface area contributed by atoms with Gasteiger partial charge in [-0.15, -0.1) is 0 Å². The van der Waals surface area contributed by atoms with Crippen LogP contribution < -0.4 is 10.2 Å². The monoisotopic (exact) mass is 340 g/mol. The van der Waals surface area contributed by atoms with Crippen LogP contribution in [0.25, 0.3) is 0 Å². The molecule has 0 amide bonds. The van der Waals surface area contributed by atoms with Crippen molar-refractivity contribution < 1.29 is 8.42 Å². The van der Waals surface area contributed by atoms with Gasteiger partial charge >= 0.3 is 0 Å². The minimum Gasteiger partial charge on any atom is -0.356 e. The Labute approximate surface area is 137 Å². The molecule has 0 spiro atoms. The average molecular weight is 340 g/mol. The molecule has 1 N–H and O–H groups in total. The Morgan fingerprint density at radius 1 is 1.26 bits per heavy atom. The normalized spacial score (nSPS) is 16.5. The molecule has 2 rings (SSSR count). The summed E-state index contributed by atoms with van der Waals surface area (Å²) in [6.45, 7) is 3.90. The highest BCUT2D eigenvalue weighted by Crippen LogP contribution is 2.09. The van der Waals surface area contributed by atoms with E-state index in [0.717, 1.165) is 38.1 Å². The number of rotatable bonds is 5. The van der Waals surface area contributed by atoms with E-state index >= 15 is 0 Å². The number of guanidine groups is 1. The first-order chi connectivity index (χ1) is 11.0. The van der Waals surface area contributed by atoms with Crippen LogP contribution in [0.5, 0.6) is 0 Å². The summed E-state index contributed by atoms with van der Waals surface area (Å²) in [6.07, 6.45) is 5.33. The van der Waals surface area contributed by atoms with Gasteiger partial charge in [0.2, 0.25) is 5.95 Å². The number of hydrogen-bond acceptors (Lipinski definition) is 6. The Balaban J connectivity index is 1.78. The second-order valence-electron chi connectivity index (χ2n) is 5.48. The quantitative estimate of drug-likeness (QED) is 0.443. The van der Waals surface area contributed by atoms with Crippen molar-refractivity contribution in [2.45, 2.75) is 6.42 Å². The topological polar surface area (TPSA) is 90.8 Å². The van der Waals surface area contributed by atoms with Crippen molar-refractivity contribution in [2.24, 2.45) is 4.99 Å². The molecular formula is C14H24N6O2S. The number of nitrogens with zero attached hydrogens (tertiary/aromatic N) is 5. The number of piperazine rings is 1. The third kappa shape index (κ3) is 5.66. The lowest BCUT2D eigenvalue weighted by molar-refractivity contribution is 0.370. The first kappa shape index (κ1) is 17.5. The van der Waals surface area contributed by atoms with Crippen LogP contribution in [0.15, 0.2) is 23.5 Å². The maximum Gasteiger partial charge on any atom is 0.225 e. The maximum atomic E-state index is 11.1. The molecular weight excluding hydrogens is 316 g/mol. The van der Waals surface area contributed by atoms with Crippen molar-refractivity contribution >= 4 is 21.7 Å². The number of sulfone groups is 1. The van der Waals surface area contributed by atoms with Crippen LogP contribution in [-0.4, -0.2) is 81.0 Å². The van der Waals surface area contributed by atoms with Gasteiger partial charge in [0.25, 0.3) is 0 Å². The van der Waals surface area contributed by atoms with Crippen LogP contribution in [0.3, 0.4) is 0 Å². The summed E-state index contributed by atoms with van der Waals surface area (Å²) in [5.41, 5.74) is 0. The molecule has 1 fully saturated rings. The summed E-state index contributed by atoms with van der Waals surface area (Å²) < 4.78 is 22.3. The average Bonchev–Trinajstić information content (AvgIpc) is 2.55. The molecule has 0 bridgehead atoms. The molecule has 0 radical (unpaired) electrons. The Morgan fingerprint density at radius 2 is 1.91 bits per heavy atom. The third-order valence-electron chi connectivity index (χ3n) is 3.60. The number of aromatic nitrogens is 2. The summed E-state index contributed by atoms with van der Waals surface area (Å²) in [4.78, 5) is 17.1. The van der Waals surface area contributed by atoms with Gasteiger partial charge in [-0.05, 0) is 12.5 Å². The zero-order valence-electron chi connectivity index (χ0n) is 13.6. The fraction of sp³-hybridized carbons (Fsp3) is 0.643. The zero-order chi connectivity index (χ0) is 16.7. The van der Waals surface area contributed by atoms with E-state index in [-0.39, 0.29) is 5.75 Å². The fourth-order valence-corrected chi connectivity index (χ4v) is 3.11. The largest absolute Gasteiger partial charge is 0.356 e. The van der Waals surface area contributed by atoms with Gasteiger partial charge in [-0.25, -0.2) is 18.4 Å². The van der Waals surface area contributed by atoms with Crippen molar-refractivity contribution in [3.8, 4) is 0 Å². The maximum absolute atomic E-state index is 11.1. The predicted molar refractivity (Wildman–Crippen MR) is 91.5 cm³/mol. The summed E-state index contributed by atoms with van der Waals surface area (Å²) in [6, 6.07) is 1.81. The van der Waals surface area contributed by atoms with E-state index in [0.29, 0.717) is 13.0 Å². The van der Waals surface area contributed by atoms with Crippen molar-refractivity contribution in [1.29, 1.82) is 0 Å². The predicted octanol–water partition coefficient (Wildman–Crippen LogP) is -0.391. The van der Waals surface area contributed by atoms with E-state index in [1.807, 2.05) is 6.07 Å². The number of anilines is 1. The highest BCUT2D eigenvalue weighted by molar-refractivity contribution is 7.90. The minimum absolute atomic E-state index is 0.191. The Bertz CT molecular complexity index is 611. The molecule has 9 heteroatoms. The van der Waals surface area contributed by atoms with Crippen LogP contribution in [0, 0.1) is 0 Å². The Hall–Kier alpha value is -1.90. The van der Waals surface area contributed by atoms with Gasteiger partial charge in [0.15, 0.2) is 5.96 Å². The van der Waals surface area contributed by atoms with E-state index in [1.165, 1.54) is 6.26 Å². The Morgan fingerprint density at radius 3 is 2.48 bits per heavy atom. The van der Waals surface area contributed by atoms with Crippen LogP contribution in [0.2, 0.25) is 0 Å². The third-order valence-corrected chi connectivity index (χ3v) is 4.63. The first-order valence-electron chi connectivity index (χ1n) is 7.65. The van der Waals surface area contributed by atoms with Gasteiger partial charge in [0.05, 0.1) is 5.75 Å². The van der Waals surface area contributed by atoms with E-state index < -0.39 is 9.84 Å². The molecule has 1 aromatic rings. The second kappa shape index (κ2) is 8.09. The number of aliphatic imine (C=N–C) groups is 1. The molecule has 1 aliphatic rings. The van der Waals surface area contributed by atoms with Gasteiger partial charge in [0.1, 0.15) is 9.84 Å². The molecule has 1 aromatic heterocycles. The van der Waals surface area contributed by atoms with E-state index in [4.69, 9.17) is 0 Å². The second-order valence-corrected chi connectivity index (χ2v) is 7.74. The van der Waals surface area contributed by atoms with Gasteiger partial charge in [0, 0.05) is 58.4 Å². The number of nitrogens with one attached hydrogen (secondary N) is 1. The van der Waals surface area contributed by atoms with Crippen molar-refractivity contribution in [3.05, 3.63) is 18.5 Å². The zero-order valence-corrected chi connectivity index (χ0v) is 14.5. The molecule has 0 unspecified atom stereocenters. The SMILES string of the molecule is CN=C(NCCCS(C)(=O)=O)N1CCN(c2ncccn2)CC1. The molecule has 128 valence electrons. The van der Waals surface area contributed by atoms with Gasteiger partial charge < -0.3 is 15.1 Å². The summed E-state index contributed by atoms with van der Waals surface area (Å²) in [5, 5.41) is 3.23. The van der Waals surface area contributed by atoms with Crippen LogP contribution in [0.4, 0.5) is 5.95 Å². The van der Waals surface area contributed by atoms with Crippen molar-refractivity contribution in [2.75, 3.05) is 56.7 Å². The highest BCUT2D eigenvalue weighted by Gasteiger charge is 2.20. The van der Waals surface area contributed by atoms with Gasteiger partial charge in [-0.2, -0.15) is 0 Å². The van der Waals surface area contributed by atoms with Crippen molar-refractivity contribution in [3.63, 3.8) is 0 Å². The minimum atomic E-state index is -2.91. The van der Waals surface area contributed by atoms with Gasteiger partial charge in [-0.1, -0.05) is 0 Å². The van der Waals surface area contributed by atoms with Crippen LogP contribution >= 0.6 is 0 Å². The van der Waals surface area contributed by atoms with E-state index in [1.54, 1.807) is 19.4 Å². The molecule has 0 aromatic carbocycles. The molecule has 2 heterocycles. The molecule has 1 aliphatic heterocycles. The van der Waals surface area contributed by atoms with Gasteiger partial charge in [-0.3, -0.25) is 4.99 Å². The highest BCUT2D eigenvalue weighted by atomic mass is 32.2. The molecule has 0 atom stereocenters. The molecule has 0 aliphatic carbocycles. The lowest BCUT2D eigenvalue weighted by atomic mass is 10.3. The molecule has 1 saturated heterocycles. The first-order valence-corrected chi connectivity index (χ1v) is 9.71. The summed E-state index contributed by atoms with van der Waals surface area (Å²) in [7, 11) is -1.16. The van der Waals surface area contributed by atoms with E-state index in [9.17, 15) is 8.42 Å². The molecule has 8 nitrogen and oxygen atoms in total. The summed E-state index contributed by atoms with van der Waals surface area (Å²) >= 11 is 0. The lowest BCUT2D eigenvalue weighted by Crippen LogP contribution is -2.53. The standard InChI is InChI=1S/C14H24N6O2S/c1-15-13(16-7-4-12-23(2,21)22)19-8-10-20(11-9-19)14-17-5-3-6-18-14/h3,5-6H,4,7-12H2,1-2H3,(H,15,16). The van der Waals surface area contributed by atoms with Crippen molar-refractivity contribution in [1.82, 2.24) is 20.2 Å². The molecule has 0 saturated carbocycles. The molecule has 23 heavy (non-hydrogen) atoms. The Kier molecular flexibility index (Phi) is 6.14. The van der Waals surface area contributed by atoms with Crippen LogP contribution in [0.1, 0.15) is 6.42 Å². The summed E-state index contributed by atoms with van der Waals surface area (Å²) in [5.74, 6) is 1.76. The smallest absolute Gasteiger partial charge is 0.225 e. The fourth-order valence-electron chi connectivity index (χ4n) is 2.44. The van der Waals surface area contributed by atoms with E-state index in [2.05, 4.69) is 30.1 Å².